The zero-order valence-corrected chi connectivity index (χ0v) is 8.18. The van der Waals surface area contributed by atoms with Crippen LogP contribution in [0.25, 0.3) is 0 Å². The molecule has 0 fully saturated rings. The van der Waals surface area contributed by atoms with Gasteiger partial charge in [0.1, 0.15) is 11.9 Å². The van der Waals surface area contributed by atoms with Crippen molar-refractivity contribution in [2.45, 2.75) is 13.0 Å². The Labute approximate surface area is 85.5 Å². The van der Waals surface area contributed by atoms with Gasteiger partial charge < -0.3 is 10.4 Å². The zero-order valence-electron chi connectivity index (χ0n) is 7.42. The molecule has 5 heteroatoms. The molecule has 76 valence electrons. The van der Waals surface area contributed by atoms with Gasteiger partial charge in [-0.3, -0.25) is 4.79 Å². The molecule has 0 aliphatic carbocycles. The summed E-state index contributed by atoms with van der Waals surface area (Å²) in [7, 11) is 0. The number of halogens is 2. The number of rotatable bonds is 2. The lowest BCUT2D eigenvalue weighted by atomic mass is 10.3. The van der Waals surface area contributed by atoms with Gasteiger partial charge in [-0.25, -0.2) is 4.39 Å². The maximum Gasteiger partial charge on any atom is 0.252 e. The second-order valence-corrected chi connectivity index (χ2v) is 3.23. The van der Waals surface area contributed by atoms with Crippen molar-refractivity contribution in [3.8, 4) is 0 Å². The van der Waals surface area contributed by atoms with Crippen LogP contribution in [0.15, 0.2) is 18.2 Å². The normalized spacial score (nSPS) is 12.3. The quantitative estimate of drug-likeness (QED) is 0.794. The Morgan fingerprint density at radius 3 is 2.79 bits per heavy atom. The predicted molar refractivity (Wildman–Crippen MR) is 51.7 cm³/mol. The molecule has 3 nitrogen and oxygen atoms in total. The van der Waals surface area contributed by atoms with Crippen molar-refractivity contribution in [2.75, 3.05) is 5.32 Å². The van der Waals surface area contributed by atoms with Gasteiger partial charge in [0.25, 0.3) is 5.91 Å². The molecular formula is C9H9ClFNO2. The van der Waals surface area contributed by atoms with Crippen LogP contribution < -0.4 is 5.32 Å². The molecule has 0 bridgehead atoms. The Morgan fingerprint density at radius 1 is 1.64 bits per heavy atom. The van der Waals surface area contributed by atoms with Gasteiger partial charge in [0, 0.05) is 5.02 Å². The molecule has 1 amide bonds. The molecule has 0 aromatic heterocycles. The summed E-state index contributed by atoms with van der Waals surface area (Å²) in [6.45, 7) is 1.29. The molecule has 0 unspecified atom stereocenters. The van der Waals surface area contributed by atoms with Crippen molar-refractivity contribution >= 4 is 23.2 Å². The molecule has 1 atom stereocenters. The van der Waals surface area contributed by atoms with E-state index in [9.17, 15) is 9.18 Å². The number of hydrogen-bond acceptors (Lipinski definition) is 2. The number of aliphatic hydroxyl groups excluding tert-OH is 1. The van der Waals surface area contributed by atoms with Gasteiger partial charge in [-0.05, 0) is 25.1 Å². The van der Waals surface area contributed by atoms with E-state index >= 15 is 0 Å². The molecule has 0 heterocycles. The molecule has 2 N–H and O–H groups in total. The van der Waals surface area contributed by atoms with Gasteiger partial charge in [0.15, 0.2) is 0 Å². The lowest BCUT2D eigenvalue weighted by Gasteiger charge is -2.07. The summed E-state index contributed by atoms with van der Waals surface area (Å²) >= 11 is 5.51. The van der Waals surface area contributed by atoms with E-state index in [0.717, 1.165) is 6.07 Å². The summed E-state index contributed by atoms with van der Waals surface area (Å²) < 4.78 is 13.1. The third kappa shape index (κ3) is 2.68. The lowest BCUT2D eigenvalue weighted by molar-refractivity contribution is -0.123. The number of hydrogen-bond donors (Lipinski definition) is 2. The second kappa shape index (κ2) is 4.39. The first-order valence-corrected chi connectivity index (χ1v) is 4.32. The first-order valence-electron chi connectivity index (χ1n) is 3.94. The molecule has 0 saturated carbocycles. The maximum atomic E-state index is 13.1. The molecule has 0 radical (unpaired) electrons. The minimum Gasteiger partial charge on any atom is -0.384 e. The van der Waals surface area contributed by atoms with Gasteiger partial charge in [-0.2, -0.15) is 0 Å². The lowest BCUT2D eigenvalue weighted by Crippen LogP contribution is -2.24. The third-order valence-corrected chi connectivity index (χ3v) is 1.80. The van der Waals surface area contributed by atoms with Crippen molar-refractivity contribution < 1.29 is 14.3 Å². The van der Waals surface area contributed by atoms with Crippen LogP contribution in [-0.2, 0) is 4.79 Å². The fourth-order valence-corrected chi connectivity index (χ4v) is 0.987. The summed E-state index contributed by atoms with van der Waals surface area (Å²) in [5, 5.41) is 11.3. The largest absolute Gasteiger partial charge is 0.384 e. The summed E-state index contributed by atoms with van der Waals surface area (Å²) in [5.41, 5.74) is 0.000278. The standard InChI is InChI=1S/C9H9ClFNO2/c1-5(13)9(14)12-8-3-2-6(10)4-7(8)11/h2-5,13H,1H3,(H,12,14)/t5-/m1/s1. The number of carbonyl (C=O) groups is 1. The Kier molecular flexibility index (Phi) is 3.43. The molecule has 1 aromatic rings. The van der Waals surface area contributed by atoms with Crippen LogP contribution in [0.3, 0.4) is 0 Å². The highest BCUT2D eigenvalue weighted by Gasteiger charge is 2.11. The molecule has 1 aromatic carbocycles. The van der Waals surface area contributed by atoms with Crippen LogP contribution in [-0.4, -0.2) is 17.1 Å². The molecule has 0 saturated heterocycles. The SMILES string of the molecule is C[C@@H](O)C(=O)Nc1ccc(Cl)cc1F. The average molecular weight is 218 g/mol. The van der Waals surface area contributed by atoms with Gasteiger partial charge in [-0.1, -0.05) is 11.6 Å². The van der Waals surface area contributed by atoms with E-state index in [1.165, 1.54) is 19.1 Å². The predicted octanol–water partition coefficient (Wildman–Crippen LogP) is 1.80. The Hall–Kier alpha value is -1.13. The number of carbonyl (C=O) groups excluding carboxylic acids is 1. The number of amides is 1. The summed E-state index contributed by atoms with van der Waals surface area (Å²) in [6.07, 6.45) is -1.18. The second-order valence-electron chi connectivity index (χ2n) is 2.79. The van der Waals surface area contributed by atoms with E-state index in [1.807, 2.05) is 0 Å². The van der Waals surface area contributed by atoms with Gasteiger partial charge >= 0.3 is 0 Å². The summed E-state index contributed by atoms with van der Waals surface area (Å²) in [6, 6.07) is 3.86. The van der Waals surface area contributed by atoms with Crippen LogP contribution in [0, 0.1) is 5.82 Å². The van der Waals surface area contributed by atoms with Gasteiger partial charge in [-0.15, -0.1) is 0 Å². The van der Waals surface area contributed by atoms with E-state index in [1.54, 1.807) is 0 Å². The molecule has 0 spiro atoms. The van der Waals surface area contributed by atoms with Gasteiger partial charge in [0.05, 0.1) is 5.69 Å². The maximum absolute atomic E-state index is 13.1. The van der Waals surface area contributed by atoms with E-state index in [0.29, 0.717) is 0 Å². The number of aliphatic hydroxyl groups is 1. The van der Waals surface area contributed by atoms with Crippen LogP contribution in [0.1, 0.15) is 6.92 Å². The van der Waals surface area contributed by atoms with E-state index in [2.05, 4.69) is 5.32 Å². The fraction of sp³-hybridized carbons (Fsp3) is 0.222. The zero-order chi connectivity index (χ0) is 10.7. The molecular weight excluding hydrogens is 209 g/mol. The van der Waals surface area contributed by atoms with Crippen LogP contribution in [0.5, 0.6) is 0 Å². The van der Waals surface area contributed by atoms with Crippen LogP contribution in [0.2, 0.25) is 5.02 Å². The monoisotopic (exact) mass is 217 g/mol. The molecule has 14 heavy (non-hydrogen) atoms. The van der Waals surface area contributed by atoms with Crippen molar-refractivity contribution in [3.05, 3.63) is 29.0 Å². The average Bonchev–Trinajstić information content (AvgIpc) is 2.09. The highest BCUT2D eigenvalue weighted by Crippen LogP contribution is 2.18. The van der Waals surface area contributed by atoms with Crippen molar-refractivity contribution in [3.63, 3.8) is 0 Å². The Bertz CT molecular complexity index is 355. The van der Waals surface area contributed by atoms with E-state index in [-0.39, 0.29) is 10.7 Å². The number of benzene rings is 1. The Balaban J connectivity index is 2.82. The third-order valence-electron chi connectivity index (χ3n) is 1.57. The minimum atomic E-state index is -1.18. The molecule has 0 aliphatic rings. The van der Waals surface area contributed by atoms with Crippen molar-refractivity contribution in [1.29, 1.82) is 0 Å². The number of nitrogens with one attached hydrogen (secondary N) is 1. The summed E-state index contributed by atoms with van der Waals surface area (Å²) in [5.74, 6) is -1.29. The van der Waals surface area contributed by atoms with Crippen molar-refractivity contribution in [1.82, 2.24) is 0 Å². The van der Waals surface area contributed by atoms with Crippen LogP contribution in [0.4, 0.5) is 10.1 Å². The first-order chi connectivity index (χ1) is 6.50. The molecule has 1 rings (SSSR count). The van der Waals surface area contributed by atoms with Gasteiger partial charge in [0.2, 0.25) is 0 Å². The van der Waals surface area contributed by atoms with E-state index < -0.39 is 17.8 Å². The van der Waals surface area contributed by atoms with Crippen LogP contribution >= 0.6 is 11.6 Å². The highest BCUT2D eigenvalue weighted by atomic mass is 35.5. The smallest absolute Gasteiger partial charge is 0.252 e. The first kappa shape index (κ1) is 10.9. The number of anilines is 1. The summed E-state index contributed by atoms with van der Waals surface area (Å²) in [4.78, 5) is 11.0. The highest BCUT2D eigenvalue weighted by molar-refractivity contribution is 6.30. The minimum absolute atomic E-state index is 0.000278. The van der Waals surface area contributed by atoms with E-state index in [4.69, 9.17) is 16.7 Å². The topological polar surface area (TPSA) is 49.3 Å². The van der Waals surface area contributed by atoms with Crippen molar-refractivity contribution in [2.24, 2.45) is 0 Å². The Morgan fingerprint density at radius 2 is 2.29 bits per heavy atom. The fourth-order valence-electron chi connectivity index (χ4n) is 0.828. The molecule has 0 aliphatic heterocycles.